The van der Waals surface area contributed by atoms with E-state index in [9.17, 15) is 0 Å². The molecule has 3 heteroatoms. The molecule has 1 heterocycles. The van der Waals surface area contributed by atoms with Gasteiger partial charge in [-0.1, -0.05) is 19.8 Å². The maximum Gasteiger partial charge on any atom is 0.174 e. The second-order valence-corrected chi connectivity index (χ2v) is 5.56. The minimum Gasteiger partial charge on any atom is -0.305 e. The van der Waals surface area contributed by atoms with Crippen molar-refractivity contribution in [3.63, 3.8) is 0 Å². The summed E-state index contributed by atoms with van der Waals surface area (Å²) in [6.07, 6.45) is 4.89. The van der Waals surface area contributed by atoms with Crippen LogP contribution in [-0.4, -0.2) is 39.2 Å². The highest BCUT2D eigenvalue weighted by atomic mass is 28.2. The molecule has 0 aromatic carbocycles. The van der Waals surface area contributed by atoms with E-state index >= 15 is 0 Å². The number of hydrogen-bond donors (Lipinski definition) is 0. The molecule has 60 valence electrons. The summed E-state index contributed by atoms with van der Waals surface area (Å²) in [6, 6.07) is 0. The lowest BCUT2D eigenvalue weighted by Crippen LogP contribution is -2.62. The third kappa shape index (κ3) is 1.59. The van der Waals surface area contributed by atoms with Gasteiger partial charge in [-0.2, -0.15) is 0 Å². The van der Waals surface area contributed by atoms with Gasteiger partial charge in [-0.25, -0.2) is 0 Å². The maximum absolute atomic E-state index is 2.54. The Hall–Kier alpha value is 0.137. The second-order valence-electron chi connectivity index (χ2n) is 3.28. The molecular weight excluding hydrogens is 140 g/mol. The van der Waals surface area contributed by atoms with Gasteiger partial charge in [0.25, 0.3) is 0 Å². The molecule has 0 aromatic rings. The van der Waals surface area contributed by atoms with Crippen molar-refractivity contribution in [1.82, 2.24) is 9.13 Å². The van der Waals surface area contributed by atoms with E-state index in [0.29, 0.717) is 0 Å². The quantitative estimate of drug-likeness (QED) is 0.548. The van der Waals surface area contributed by atoms with Crippen LogP contribution in [0.4, 0.5) is 0 Å². The number of rotatable bonds is 3. The number of nitrogens with zero attached hydrogens (tertiary/aromatic N) is 2. The van der Waals surface area contributed by atoms with Crippen LogP contribution < -0.4 is 0 Å². The molecule has 0 atom stereocenters. The van der Waals surface area contributed by atoms with Crippen molar-refractivity contribution in [3.05, 3.63) is 0 Å². The minimum atomic E-state index is 0.0450. The predicted octanol–water partition coefficient (Wildman–Crippen LogP) is 0.379. The highest BCUT2D eigenvalue weighted by molar-refractivity contribution is 6.31. The van der Waals surface area contributed by atoms with E-state index < -0.39 is 0 Å². The van der Waals surface area contributed by atoms with Crippen LogP contribution in [0.1, 0.15) is 26.2 Å². The summed E-state index contributed by atoms with van der Waals surface area (Å²) >= 11 is 0. The van der Waals surface area contributed by atoms with Crippen LogP contribution in [0.5, 0.6) is 0 Å². The maximum atomic E-state index is 2.54. The fourth-order valence-electron chi connectivity index (χ4n) is 1.61. The first-order chi connectivity index (χ1) is 4.75. The minimum absolute atomic E-state index is 0.0450. The first kappa shape index (κ1) is 8.24. The summed E-state index contributed by atoms with van der Waals surface area (Å²) in [5, 5.41) is 0. The lowest BCUT2D eigenvalue weighted by Gasteiger charge is -2.47. The molecule has 1 fully saturated rings. The summed E-state index contributed by atoms with van der Waals surface area (Å²) in [4.78, 5) is 0. The molecule has 0 N–H and O–H groups in total. The monoisotopic (exact) mass is 158 g/mol. The molecule has 0 saturated carbocycles. The number of unbranched alkanes of at least 4 members (excludes halogenated alkanes) is 1. The van der Waals surface area contributed by atoms with Crippen LogP contribution in [0.15, 0.2) is 0 Å². The first-order valence-corrected chi connectivity index (χ1v) is 5.42. The van der Waals surface area contributed by atoms with E-state index in [0.717, 1.165) is 6.17 Å². The molecule has 10 heavy (non-hydrogen) atoms. The molecule has 0 radical (unpaired) electrons. The molecule has 1 aliphatic rings. The summed E-state index contributed by atoms with van der Waals surface area (Å²) < 4.78 is 5.07. The Morgan fingerprint density at radius 2 is 1.90 bits per heavy atom. The molecule has 0 aliphatic carbocycles. The van der Waals surface area contributed by atoms with Crippen molar-refractivity contribution in [2.45, 2.75) is 32.4 Å². The van der Waals surface area contributed by atoms with Crippen molar-refractivity contribution in [2.75, 3.05) is 14.1 Å². The van der Waals surface area contributed by atoms with E-state index in [-0.39, 0.29) is 9.84 Å². The zero-order chi connectivity index (χ0) is 7.56. The van der Waals surface area contributed by atoms with Crippen LogP contribution in [0.2, 0.25) is 0 Å². The van der Waals surface area contributed by atoms with Gasteiger partial charge in [0.15, 0.2) is 9.84 Å². The molecule has 1 aliphatic heterocycles. The average molecular weight is 158 g/mol. The van der Waals surface area contributed by atoms with Gasteiger partial charge in [-0.05, 0) is 20.5 Å². The van der Waals surface area contributed by atoms with E-state index in [1.165, 1.54) is 19.3 Å². The van der Waals surface area contributed by atoms with Crippen molar-refractivity contribution in [1.29, 1.82) is 0 Å². The van der Waals surface area contributed by atoms with Gasteiger partial charge in [-0.3, -0.25) is 0 Å². The Bertz CT molecular complexity index is 99.8. The Morgan fingerprint density at radius 1 is 1.30 bits per heavy atom. The van der Waals surface area contributed by atoms with Gasteiger partial charge in [-0.15, -0.1) is 0 Å². The van der Waals surface area contributed by atoms with Crippen LogP contribution in [0, 0.1) is 0 Å². The standard InChI is InChI=1S/C7H18N2Si/c1-4-5-6-7-8(2)10-9(7)3/h7H,4-6,10H2,1-3H3. The van der Waals surface area contributed by atoms with Gasteiger partial charge in [0.05, 0.1) is 6.17 Å². The molecule has 1 saturated heterocycles. The molecule has 2 nitrogen and oxygen atoms in total. The Morgan fingerprint density at radius 3 is 2.30 bits per heavy atom. The van der Waals surface area contributed by atoms with E-state index in [4.69, 9.17) is 0 Å². The molecule has 0 unspecified atom stereocenters. The molecule has 0 bridgehead atoms. The first-order valence-electron chi connectivity index (χ1n) is 4.16. The average Bonchev–Trinajstić information content (AvgIpc) is 1.89. The largest absolute Gasteiger partial charge is 0.305 e. The highest BCUT2D eigenvalue weighted by Gasteiger charge is 2.29. The van der Waals surface area contributed by atoms with Gasteiger partial charge in [0, 0.05) is 0 Å². The van der Waals surface area contributed by atoms with Gasteiger partial charge < -0.3 is 9.13 Å². The van der Waals surface area contributed by atoms with Crippen molar-refractivity contribution < 1.29 is 0 Å². The fraction of sp³-hybridized carbons (Fsp3) is 1.00. The van der Waals surface area contributed by atoms with Crippen molar-refractivity contribution >= 4 is 9.84 Å². The molecule has 1 rings (SSSR count). The van der Waals surface area contributed by atoms with Gasteiger partial charge in [0.1, 0.15) is 0 Å². The third-order valence-corrected chi connectivity index (χ3v) is 4.01. The highest BCUT2D eigenvalue weighted by Crippen LogP contribution is 2.16. The lowest BCUT2D eigenvalue weighted by molar-refractivity contribution is 0.131. The Balaban J connectivity index is 2.14. The van der Waals surface area contributed by atoms with E-state index in [2.05, 4.69) is 30.2 Å². The zero-order valence-corrected chi connectivity index (χ0v) is 8.71. The Kier molecular flexibility index (Phi) is 2.89. The SMILES string of the molecule is CCCCC1N(C)[SiH2]N1C. The van der Waals surface area contributed by atoms with Crippen LogP contribution >= 0.6 is 0 Å². The lowest BCUT2D eigenvalue weighted by atomic mass is 10.2. The predicted molar refractivity (Wildman–Crippen MR) is 47.4 cm³/mol. The van der Waals surface area contributed by atoms with E-state index in [1.54, 1.807) is 0 Å². The smallest absolute Gasteiger partial charge is 0.174 e. The topological polar surface area (TPSA) is 6.48 Å². The summed E-state index contributed by atoms with van der Waals surface area (Å²) in [5.41, 5.74) is 0. The van der Waals surface area contributed by atoms with E-state index in [1.807, 2.05) is 0 Å². The van der Waals surface area contributed by atoms with Gasteiger partial charge in [0.2, 0.25) is 0 Å². The van der Waals surface area contributed by atoms with Crippen LogP contribution in [0.25, 0.3) is 0 Å². The van der Waals surface area contributed by atoms with Gasteiger partial charge >= 0.3 is 0 Å². The summed E-state index contributed by atoms with van der Waals surface area (Å²) in [7, 11) is 4.56. The Labute approximate surface area is 66.2 Å². The molecule has 0 spiro atoms. The fourth-order valence-corrected chi connectivity index (χ4v) is 3.30. The molecule has 0 aromatic heterocycles. The van der Waals surface area contributed by atoms with Crippen molar-refractivity contribution in [3.8, 4) is 0 Å². The van der Waals surface area contributed by atoms with Crippen LogP contribution in [-0.2, 0) is 0 Å². The number of hydrogen-bond acceptors (Lipinski definition) is 2. The molecular formula is C7H18N2Si. The second kappa shape index (κ2) is 3.51. The normalized spacial score (nSPS) is 30.9. The summed E-state index contributed by atoms with van der Waals surface area (Å²) in [6.45, 7) is 2.26. The molecule has 0 amide bonds. The third-order valence-electron chi connectivity index (χ3n) is 2.28. The summed E-state index contributed by atoms with van der Waals surface area (Å²) in [5.74, 6) is 0. The zero-order valence-electron chi connectivity index (χ0n) is 7.30. The van der Waals surface area contributed by atoms with Crippen molar-refractivity contribution in [2.24, 2.45) is 0 Å². The van der Waals surface area contributed by atoms with Crippen LogP contribution in [0.3, 0.4) is 0 Å².